The molecule has 1 unspecified atom stereocenters. The molecule has 1 aliphatic carbocycles. The van der Waals surface area contributed by atoms with Crippen LogP contribution < -0.4 is 0 Å². The van der Waals surface area contributed by atoms with Gasteiger partial charge in [0.05, 0.1) is 19.1 Å². The first-order valence-corrected chi connectivity index (χ1v) is 8.63. The maximum absolute atomic E-state index is 12.5. The summed E-state index contributed by atoms with van der Waals surface area (Å²) in [4.78, 5) is 25.9. The third kappa shape index (κ3) is 5.88. The minimum absolute atomic E-state index is 0.0555. The number of hydrogen-bond acceptors (Lipinski definition) is 4. The van der Waals surface area contributed by atoms with E-state index in [1.165, 1.54) is 4.90 Å². The van der Waals surface area contributed by atoms with E-state index in [4.69, 9.17) is 33.0 Å². The van der Waals surface area contributed by atoms with Crippen LogP contribution in [-0.2, 0) is 9.53 Å². The summed E-state index contributed by atoms with van der Waals surface area (Å²) in [5.41, 5.74) is 0.458. The second-order valence-corrected chi connectivity index (χ2v) is 6.35. The Balaban J connectivity index is 1.87. The van der Waals surface area contributed by atoms with Crippen molar-refractivity contribution in [3.05, 3.63) is 58.1 Å². The van der Waals surface area contributed by atoms with Crippen LogP contribution in [0.15, 0.2) is 47.5 Å². The quantitative estimate of drug-likeness (QED) is 0.734. The van der Waals surface area contributed by atoms with Gasteiger partial charge in [0.1, 0.15) is 6.61 Å². The van der Waals surface area contributed by atoms with Gasteiger partial charge < -0.3 is 14.7 Å². The predicted octanol–water partition coefficient (Wildman–Crippen LogP) is 3.02. The molecule has 1 atom stereocenters. The van der Waals surface area contributed by atoms with Gasteiger partial charge in [0.25, 0.3) is 5.91 Å². The molecule has 0 saturated carbocycles. The van der Waals surface area contributed by atoms with Crippen molar-refractivity contribution < 1.29 is 19.4 Å². The molecule has 5 nitrogen and oxygen atoms in total. The maximum atomic E-state index is 12.5. The summed E-state index contributed by atoms with van der Waals surface area (Å²) in [6, 6.07) is 6.48. The third-order valence-electron chi connectivity index (χ3n) is 3.71. The van der Waals surface area contributed by atoms with E-state index < -0.39 is 0 Å². The molecule has 0 saturated heterocycles. The molecule has 1 aliphatic rings. The minimum atomic E-state index is -0.362. The number of nitrogens with zero attached hydrogens (tertiary/aromatic N) is 1. The number of benzene rings is 1. The lowest BCUT2D eigenvalue weighted by Crippen LogP contribution is -2.37. The standard InChI is InChI=1S/C18H19Cl2NO4/c19-15-5-1-13(2-6-15)17(23)21(9-11-22)10-12-25-18(24)14-3-7-16(20)8-4-14/h1-3,5-8,14,22H,4,9-12H2. The molecule has 25 heavy (non-hydrogen) atoms. The molecule has 0 aromatic heterocycles. The Bertz CT molecular complexity index is 670. The van der Waals surface area contributed by atoms with Crippen LogP contribution in [0.2, 0.25) is 5.02 Å². The number of ether oxygens (including phenoxy) is 1. The number of carbonyl (C=O) groups excluding carboxylic acids is 2. The number of rotatable bonds is 7. The number of esters is 1. The molecule has 1 aromatic carbocycles. The molecular formula is C18H19Cl2NO4. The average molecular weight is 384 g/mol. The van der Waals surface area contributed by atoms with Gasteiger partial charge in [0, 0.05) is 22.2 Å². The number of amides is 1. The predicted molar refractivity (Wildman–Crippen MR) is 96.6 cm³/mol. The zero-order valence-corrected chi connectivity index (χ0v) is 15.0. The lowest BCUT2D eigenvalue weighted by atomic mass is 10.0. The van der Waals surface area contributed by atoms with E-state index in [1.807, 2.05) is 0 Å². The van der Waals surface area contributed by atoms with Crippen LogP contribution in [-0.4, -0.2) is 48.2 Å². The SMILES string of the molecule is O=C(OCCN(CCO)C(=O)c1ccc(Cl)cc1)C1C=CC(Cl)=CC1. The molecule has 7 heteroatoms. The van der Waals surface area contributed by atoms with Gasteiger partial charge in [-0.15, -0.1) is 0 Å². The number of hydrogen-bond donors (Lipinski definition) is 1. The van der Waals surface area contributed by atoms with Gasteiger partial charge in [-0.05, 0) is 36.8 Å². The highest BCUT2D eigenvalue weighted by atomic mass is 35.5. The topological polar surface area (TPSA) is 66.8 Å². The average Bonchev–Trinajstić information content (AvgIpc) is 2.61. The smallest absolute Gasteiger partial charge is 0.313 e. The number of carbonyl (C=O) groups is 2. The molecule has 1 N–H and O–H groups in total. The van der Waals surface area contributed by atoms with E-state index in [9.17, 15) is 9.59 Å². The number of aliphatic hydroxyl groups excluding tert-OH is 1. The van der Waals surface area contributed by atoms with Crippen LogP contribution in [0, 0.1) is 5.92 Å². The molecule has 0 fully saturated rings. The molecule has 0 aliphatic heterocycles. The van der Waals surface area contributed by atoms with Gasteiger partial charge in [0.2, 0.25) is 0 Å². The van der Waals surface area contributed by atoms with Crippen molar-refractivity contribution in [3.8, 4) is 0 Å². The Morgan fingerprint density at radius 2 is 1.92 bits per heavy atom. The fourth-order valence-corrected chi connectivity index (χ4v) is 2.63. The van der Waals surface area contributed by atoms with Crippen molar-refractivity contribution >= 4 is 35.1 Å². The fraction of sp³-hybridized carbons (Fsp3) is 0.333. The monoisotopic (exact) mass is 383 g/mol. The Morgan fingerprint density at radius 3 is 2.52 bits per heavy atom. The van der Waals surface area contributed by atoms with Crippen LogP contribution in [0.5, 0.6) is 0 Å². The van der Waals surface area contributed by atoms with Crippen molar-refractivity contribution in [2.45, 2.75) is 6.42 Å². The zero-order valence-electron chi connectivity index (χ0n) is 13.5. The van der Waals surface area contributed by atoms with E-state index in [0.29, 0.717) is 22.0 Å². The zero-order chi connectivity index (χ0) is 18.2. The molecule has 0 spiro atoms. The largest absolute Gasteiger partial charge is 0.463 e. The van der Waals surface area contributed by atoms with Gasteiger partial charge in [-0.3, -0.25) is 9.59 Å². The minimum Gasteiger partial charge on any atom is -0.463 e. The van der Waals surface area contributed by atoms with Gasteiger partial charge in [-0.25, -0.2) is 0 Å². The summed E-state index contributed by atoms with van der Waals surface area (Å²) in [5, 5.41) is 10.3. The highest BCUT2D eigenvalue weighted by Gasteiger charge is 2.20. The summed E-state index contributed by atoms with van der Waals surface area (Å²) in [6.45, 7) is 0.226. The Hall–Kier alpha value is -1.82. The number of halogens is 2. The summed E-state index contributed by atoms with van der Waals surface area (Å²) in [6.07, 6.45) is 5.63. The number of allylic oxidation sites excluding steroid dienone is 3. The van der Waals surface area contributed by atoms with Crippen LogP contribution in [0.25, 0.3) is 0 Å². The van der Waals surface area contributed by atoms with Crippen LogP contribution in [0.3, 0.4) is 0 Å². The summed E-state index contributed by atoms with van der Waals surface area (Å²) < 4.78 is 5.24. The Labute approximate surface area is 156 Å². The summed E-state index contributed by atoms with van der Waals surface area (Å²) >= 11 is 11.6. The van der Waals surface area contributed by atoms with E-state index in [2.05, 4.69) is 0 Å². The second-order valence-electron chi connectivity index (χ2n) is 5.48. The van der Waals surface area contributed by atoms with Crippen molar-refractivity contribution in [3.63, 3.8) is 0 Å². The van der Waals surface area contributed by atoms with E-state index in [1.54, 1.807) is 42.5 Å². The maximum Gasteiger partial charge on any atom is 0.313 e. The van der Waals surface area contributed by atoms with E-state index in [-0.39, 0.29) is 44.1 Å². The van der Waals surface area contributed by atoms with E-state index in [0.717, 1.165) is 0 Å². The third-order valence-corrected chi connectivity index (χ3v) is 4.24. The van der Waals surface area contributed by atoms with Gasteiger partial charge in [0.15, 0.2) is 0 Å². The molecular weight excluding hydrogens is 365 g/mol. The first-order valence-electron chi connectivity index (χ1n) is 7.87. The van der Waals surface area contributed by atoms with E-state index >= 15 is 0 Å². The normalized spacial score (nSPS) is 16.3. The molecule has 1 amide bonds. The highest BCUT2D eigenvalue weighted by Crippen LogP contribution is 2.19. The number of aliphatic hydroxyl groups is 1. The summed E-state index contributed by atoms with van der Waals surface area (Å²) in [5.74, 6) is -0.977. The van der Waals surface area contributed by atoms with Crippen molar-refractivity contribution in [2.75, 3.05) is 26.3 Å². The van der Waals surface area contributed by atoms with Gasteiger partial charge in [-0.1, -0.05) is 35.4 Å². The Morgan fingerprint density at radius 1 is 1.20 bits per heavy atom. The molecule has 134 valence electrons. The molecule has 0 radical (unpaired) electrons. The first kappa shape index (κ1) is 19.5. The van der Waals surface area contributed by atoms with Crippen LogP contribution >= 0.6 is 23.2 Å². The lowest BCUT2D eigenvalue weighted by molar-refractivity contribution is -0.147. The van der Waals surface area contributed by atoms with Crippen LogP contribution in [0.1, 0.15) is 16.8 Å². The van der Waals surface area contributed by atoms with Gasteiger partial charge in [-0.2, -0.15) is 0 Å². The van der Waals surface area contributed by atoms with Crippen LogP contribution in [0.4, 0.5) is 0 Å². The van der Waals surface area contributed by atoms with Crippen molar-refractivity contribution in [2.24, 2.45) is 5.92 Å². The first-order chi connectivity index (χ1) is 12.0. The molecule has 1 aromatic rings. The van der Waals surface area contributed by atoms with Gasteiger partial charge >= 0.3 is 5.97 Å². The Kier molecular flexibility index (Phi) is 7.50. The second kappa shape index (κ2) is 9.61. The molecule has 0 bridgehead atoms. The fourth-order valence-electron chi connectivity index (χ4n) is 2.34. The molecule has 0 heterocycles. The van der Waals surface area contributed by atoms with Crippen molar-refractivity contribution in [1.82, 2.24) is 4.90 Å². The summed E-state index contributed by atoms with van der Waals surface area (Å²) in [7, 11) is 0. The lowest BCUT2D eigenvalue weighted by Gasteiger charge is -2.22. The highest BCUT2D eigenvalue weighted by molar-refractivity contribution is 6.31. The van der Waals surface area contributed by atoms with Crippen molar-refractivity contribution in [1.29, 1.82) is 0 Å². The molecule has 2 rings (SSSR count).